The van der Waals surface area contributed by atoms with Gasteiger partial charge in [0, 0.05) is 24.1 Å². The monoisotopic (exact) mass is 357 g/mol. The lowest BCUT2D eigenvalue weighted by molar-refractivity contribution is -0.0397. The number of hydrogen-bond donors (Lipinski definition) is 0. The highest BCUT2D eigenvalue weighted by molar-refractivity contribution is 9.10. The van der Waals surface area contributed by atoms with Crippen molar-refractivity contribution in [2.45, 2.75) is 45.7 Å². The molecule has 1 aromatic carbocycles. The summed E-state index contributed by atoms with van der Waals surface area (Å²) in [6, 6.07) is 4.10. The van der Waals surface area contributed by atoms with E-state index in [1.165, 1.54) is 11.1 Å². The minimum Gasteiger partial charge on any atom is -0.494 e. The fourth-order valence-electron chi connectivity index (χ4n) is 2.99. The standard InChI is InChI=1S/C17H25BrFNO/c1-4-6-17(19)11-20(12-17)7-5-8-21-15-9-13(2)16(18)14(3)10-15/h9-10H,4-8,11-12H2,1-3H3. The third-order valence-electron chi connectivity index (χ3n) is 4.01. The lowest BCUT2D eigenvalue weighted by Crippen LogP contribution is -2.58. The molecule has 0 amide bonds. The van der Waals surface area contributed by atoms with Gasteiger partial charge in [0.25, 0.3) is 0 Å². The van der Waals surface area contributed by atoms with Crippen LogP contribution in [0.2, 0.25) is 0 Å². The van der Waals surface area contributed by atoms with Gasteiger partial charge in [-0.3, -0.25) is 4.90 Å². The molecule has 2 rings (SSSR count). The fourth-order valence-corrected chi connectivity index (χ4v) is 3.22. The molecule has 118 valence electrons. The van der Waals surface area contributed by atoms with E-state index in [4.69, 9.17) is 4.74 Å². The van der Waals surface area contributed by atoms with Crippen LogP contribution in [0.5, 0.6) is 5.75 Å². The number of halogens is 2. The van der Waals surface area contributed by atoms with Crippen molar-refractivity contribution in [2.24, 2.45) is 0 Å². The van der Waals surface area contributed by atoms with E-state index >= 15 is 0 Å². The van der Waals surface area contributed by atoms with Crippen molar-refractivity contribution in [3.05, 3.63) is 27.7 Å². The quantitative estimate of drug-likeness (QED) is 0.658. The molecule has 1 aromatic rings. The molecule has 1 heterocycles. The summed E-state index contributed by atoms with van der Waals surface area (Å²) in [4.78, 5) is 2.18. The van der Waals surface area contributed by atoms with Crippen LogP contribution in [0.4, 0.5) is 4.39 Å². The molecule has 21 heavy (non-hydrogen) atoms. The molecule has 0 radical (unpaired) electrons. The van der Waals surface area contributed by atoms with E-state index in [0.29, 0.717) is 26.1 Å². The molecule has 1 aliphatic rings. The second-order valence-corrected chi connectivity index (χ2v) is 6.98. The molecular formula is C17H25BrFNO. The summed E-state index contributed by atoms with van der Waals surface area (Å²) in [5.74, 6) is 0.919. The van der Waals surface area contributed by atoms with Crippen LogP contribution in [-0.2, 0) is 0 Å². The minimum absolute atomic E-state index is 0.595. The minimum atomic E-state index is -0.921. The van der Waals surface area contributed by atoms with Crippen molar-refractivity contribution in [3.8, 4) is 5.75 Å². The Morgan fingerprint density at radius 2 is 1.90 bits per heavy atom. The lowest BCUT2D eigenvalue weighted by Gasteiger charge is -2.44. The van der Waals surface area contributed by atoms with Crippen LogP contribution in [-0.4, -0.2) is 36.8 Å². The van der Waals surface area contributed by atoms with Gasteiger partial charge in [0.1, 0.15) is 11.4 Å². The van der Waals surface area contributed by atoms with Gasteiger partial charge in [0.15, 0.2) is 0 Å². The third kappa shape index (κ3) is 4.43. The molecule has 2 nitrogen and oxygen atoms in total. The first-order valence-electron chi connectivity index (χ1n) is 7.74. The molecule has 0 saturated carbocycles. The van der Waals surface area contributed by atoms with Crippen LogP contribution in [0.15, 0.2) is 16.6 Å². The lowest BCUT2D eigenvalue weighted by atomic mass is 9.91. The molecule has 0 atom stereocenters. The summed E-state index contributed by atoms with van der Waals surface area (Å²) < 4.78 is 20.9. The molecule has 0 unspecified atom stereocenters. The summed E-state index contributed by atoms with van der Waals surface area (Å²) in [7, 11) is 0. The van der Waals surface area contributed by atoms with E-state index in [2.05, 4.69) is 46.8 Å². The summed E-state index contributed by atoms with van der Waals surface area (Å²) >= 11 is 3.56. The molecule has 0 N–H and O–H groups in total. The first-order valence-corrected chi connectivity index (χ1v) is 8.53. The molecule has 1 saturated heterocycles. The van der Waals surface area contributed by atoms with Gasteiger partial charge in [-0.15, -0.1) is 0 Å². The van der Waals surface area contributed by atoms with Gasteiger partial charge >= 0.3 is 0 Å². The Kier molecular flexibility index (Phi) is 5.67. The van der Waals surface area contributed by atoms with Crippen LogP contribution < -0.4 is 4.74 Å². The predicted octanol–water partition coefficient (Wildman–Crippen LogP) is 4.66. The summed E-state index contributed by atoms with van der Waals surface area (Å²) in [5.41, 5.74) is 1.46. The number of alkyl halides is 1. The van der Waals surface area contributed by atoms with Crippen molar-refractivity contribution in [1.82, 2.24) is 4.90 Å². The zero-order valence-corrected chi connectivity index (χ0v) is 14.8. The van der Waals surface area contributed by atoms with Crippen molar-refractivity contribution in [3.63, 3.8) is 0 Å². The van der Waals surface area contributed by atoms with Gasteiger partial charge < -0.3 is 4.74 Å². The second kappa shape index (κ2) is 7.10. The number of aryl methyl sites for hydroxylation is 2. The smallest absolute Gasteiger partial charge is 0.136 e. The molecular weight excluding hydrogens is 333 g/mol. The predicted molar refractivity (Wildman–Crippen MR) is 88.9 cm³/mol. The van der Waals surface area contributed by atoms with Crippen molar-refractivity contribution < 1.29 is 9.13 Å². The fraction of sp³-hybridized carbons (Fsp3) is 0.647. The van der Waals surface area contributed by atoms with E-state index in [0.717, 1.165) is 29.6 Å². The van der Waals surface area contributed by atoms with E-state index < -0.39 is 5.67 Å². The Morgan fingerprint density at radius 3 is 2.48 bits per heavy atom. The van der Waals surface area contributed by atoms with E-state index in [1.807, 2.05) is 6.92 Å². The van der Waals surface area contributed by atoms with Crippen LogP contribution in [0.3, 0.4) is 0 Å². The number of ether oxygens (including phenoxy) is 1. The third-order valence-corrected chi connectivity index (χ3v) is 5.26. The van der Waals surface area contributed by atoms with Crippen LogP contribution in [0.25, 0.3) is 0 Å². The molecule has 1 fully saturated rings. The van der Waals surface area contributed by atoms with Gasteiger partial charge in [-0.1, -0.05) is 29.3 Å². The van der Waals surface area contributed by atoms with E-state index in [1.54, 1.807) is 0 Å². The zero-order valence-electron chi connectivity index (χ0n) is 13.2. The zero-order chi connectivity index (χ0) is 15.5. The first kappa shape index (κ1) is 16.8. The normalized spacial score (nSPS) is 17.6. The highest BCUT2D eigenvalue weighted by Gasteiger charge is 2.41. The topological polar surface area (TPSA) is 12.5 Å². The van der Waals surface area contributed by atoms with Gasteiger partial charge in [-0.05, 0) is 49.9 Å². The maximum Gasteiger partial charge on any atom is 0.136 e. The Morgan fingerprint density at radius 1 is 1.29 bits per heavy atom. The Balaban J connectivity index is 1.67. The summed E-state index contributed by atoms with van der Waals surface area (Å²) in [5, 5.41) is 0. The maximum atomic E-state index is 14.0. The highest BCUT2D eigenvalue weighted by Crippen LogP contribution is 2.30. The number of rotatable bonds is 7. The van der Waals surface area contributed by atoms with E-state index in [9.17, 15) is 4.39 Å². The molecule has 0 bridgehead atoms. The molecule has 0 aliphatic carbocycles. The highest BCUT2D eigenvalue weighted by atomic mass is 79.9. The van der Waals surface area contributed by atoms with Gasteiger partial charge in [-0.25, -0.2) is 4.39 Å². The Labute approximate surface area is 135 Å². The van der Waals surface area contributed by atoms with Crippen LogP contribution >= 0.6 is 15.9 Å². The van der Waals surface area contributed by atoms with Crippen molar-refractivity contribution in [1.29, 1.82) is 0 Å². The summed E-state index contributed by atoms with van der Waals surface area (Å²) in [6.07, 6.45) is 2.56. The molecule has 1 aliphatic heterocycles. The number of nitrogens with zero attached hydrogens (tertiary/aromatic N) is 1. The average molecular weight is 358 g/mol. The van der Waals surface area contributed by atoms with Crippen LogP contribution in [0.1, 0.15) is 37.3 Å². The van der Waals surface area contributed by atoms with Crippen molar-refractivity contribution >= 4 is 15.9 Å². The van der Waals surface area contributed by atoms with Crippen LogP contribution in [0, 0.1) is 13.8 Å². The maximum absolute atomic E-state index is 14.0. The summed E-state index contributed by atoms with van der Waals surface area (Å²) in [6.45, 7) is 8.97. The SMILES string of the molecule is CCCC1(F)CN(CCCOc2cc(C)c(Br)c(C)c2)C1. The second-order valence-electron chi connectivity index (χ2n) is 6.18. The number of benzene rings is 1. The number of hydrogen-bond acceptors (Lipinski definition) is 2. The molecule has 4 heteroatoms. The largest absolute Gasteiger partial charge is 0.494 e. The number of likely N-dealkylation sites (tertiary alicyclic amines) is 1. The average Bonchev–Trinajstić information content (AvgIpc) is 2.39. The Bertz CT molecular complexity index is 463. The molecule has 0 spiro atoms. The van der Waals surface area contributed by atoms with Crippen molar-refractivity contribution in [2.75, 3.05) is 26.2 Å². The van der Waals surface area contributed by atoms with Gasteiger partial charge in [0.05, 0.1) is 6.61 Å². The molecule has 0 aromatic heterocycles. The first-order chi connectivity index (χ1) is 9.93. The Hall–Kier alpha value is -0.610. The van der Waals surface area contributed by atoms with Gasteiger partial charge in [0.2, 0.25) is 0 Å². The van der Waals surface area contributed by atoms with E-state index in [-0.39, 0.29) is 0 Å². The van der Waals surface area contributed by atoms with Gasteiger partial charge in [-0.2, -0.15) is 0 Å².